The first kappa shape index (κ1) is 15.4. The zero-order chi connectivity index (χ0) is 16.4. The Morgan fingerprint density at radius 2 is 1.57 bits per heavy atom. The standard InChI is InChI=1S/C18H15NO3S/c1-19-17(20)15(12-8-10-13(22-2)11-9-12)16(18(19)21)23-14-6-4-3-5-7-14/h3-11H,1-2H3. The molecule has 5 heteroatoms. The van der Waals surface area contributed by atoms with Crippen LogP contribution in [0.25, 0.3) is 5.57 Å². The molecular weight excluding hydrogens is 310 g/mol. The molecular formula is C18H15NO3S. The molecule has 0 spiro atoms. The molecule has 0 unspecified atom stereocenters. The second-order valence-corrected chi connectivity index (χ2v) is 6.10. The minimum Gasteiger partial charge on any atom is -0.497 e. The Morgan fingerprint density at radius 3 is 2.17 bits per heavy atom. The van der Waals surface area contributed by atoms with Crippen molar-refractivity contribution in [3.63, 3.8) is 0 Å². The van der Waals surface area contributed by atoms with Crippen LogP contribution in [-0.2, 0) is 9.59 Å². The molecule has 0 radical (unpaired) electrons. The summed E-state index contributed by atoms with van der Waals surface area (Å²) in [6.45, 7) is 0. The van der Waals surface area contributed by atoms with E-state index >= 15 is 0 Å². The fourth-order valence-corrected chi connectivity index (χ4v) is 3.39. The first-order valence-corrected chi connectivity index (χ1v) is 7.87. The lowest BCUT2D eigenvalue weighted by molar-refractivity contribution is -0.134. The van der Waals surface area contributed by atoms with E-state index in [4.69, 9.17) is 4.74 Å². The summed E-state index contributed by atoms with van der Waals surface area (Å²) in [5, 5.41) is 0. The van der Waals surface area contributed by atoms with Gasteiger partial charge in [0.15, 0.2) is 0 Å². The van der Waals surface area contributed by atoms with Crippen LogP contribution in [0.1, 0.15) is 5.56 Å². The third-order valence-electron chi connectivity index (χ3n) is 3.59. The van der Waals surface area contributed by atoms with E-state index in [0.717, 1.165) is 9.80 Å². The average molecular weight is 325 g/mol. The summed E-state index contributed by atoms with van der Waals surface area (Å²) in [5.74, 6) is 0.157. The molecule has 2 amide bonds. The molecule has 0 aromatic heterocycles. The number of hydrogen-bond donors (Lipinski definition) is 0. The van der Waals surface area contributed by atoms with E-state index in [0.29, 0.717) is 21.8 Å². The highest BCUT2D eigenvalue weighted by Crippen LogP contribution is 2.39. The van der Waals surface area contributed by atoms with E-state index in [9.17, 15) is 9.59 Å². The second kappa shape index (κ2) is 6.30. The monoisotopic (exact) mass is 325 g/mol. The van der Waals surface area contributed by atoms with Gasteiger partial charge in [-0.3, -0.25) is 14.5 Å². The molecule has 116 valence electrons. The van der Waals surface area contributed by atoms with Crippen molar-refractivity contribution in [2.45, 2.75) is 4.90 Å². The van der Waals surface area contributed by atoms with Crippen LogP contribution in [0.5, 0.6) is 5.75 Å². The fourth-order valence-electron chi connectivity index (χ4n) is 2.33. The van der Waals surface area contributed by atoms with Gasteiger partial charge in [0.1, 0.15) is 5.75 Å². The third kappa shape index (κ3) is 2.87. The Hall–Kier alpha value is -2.53. The number of carbonyl (C=O) groups is 2. The lowest BCUT2D eigenvalue weighted by Gasteiger charge is -2.07. The van der Waals surface area contributed by atoms with Gasteiger partial charge in [0.25, 0.3) is 11.8 Å². The first-order valence-electron chi connectivity index (χ1n) is 7.06. The van der Waals surface area contributed by atoms with Crippen molar-refractivity contribution in [2.24, 2.45) is 0 Å². The molecule has 0 N–H and O–H groups in total. The SMILES string of the molecule is COc1ccc(C2=C(Sc3ccccc3)C(=O)N(C)C2=O)cc1. The molecule has 4 nitrogen and oxygen atoms in total. The van der Waals surface area contributed by atoms with Crippen molar-refractivity contribution in [3.8, 4) is 5.75 Å². The van der Waals surface area contributed by atoms with Crippen LogP contribution in [0, 0.1) is 0 Å². The number of amides is 2. The summed E-state index contributed by atoms with van der Waals surface area (Å²) >= 11 is 1.32. The number of thioether (sulfide) groups is 1. The van der Waals surface area contributed by atoms with Gasteiger partial charge in [-0.05, 0) is 29.8 Å². The summed E-state index contributed by atoms with van der Waals surface area (Å²) in [6, 6.07) is 16.7. The van der Waals surface area contributed by atoms with E-state index in [1.807, 2.05) is 30.3 Å². The van der Waals surface area contributed by atoms with Gasteiger partial charge in [0.05, 0.1) is 17.6 Å². The zero-order valence-electron chi connectivity index (χ0n) is 12.8. The molecule has 0 atom stereocenters. The van der Waals surface area contributed by atoms with Crippen LogP contribution in [0.3, 0.4) is 0 Å². The molecule has 1 aliphatic rings. The maximum Gasteiger partial charge on any atom is 0.268 e. The van der Waals surface area contributed by atoms with Gasteiger partial charge in [-0.15, -0.1) is 0 Å². The number of imide groups is 1. The van der Waals surface area contributed by atoms with Gasteiger partial charge in [0.2, 0.25) is 0 Å². The molecule has 2 aromatic rings. The van der Waals surface area contributed by atoms with Crippen molar-refractivity contribution in [1.29, 1.82) is 0 Å². The van der Waals surface area contributed by atoms with Crippen LogP contribution in [0.4, 0.5) is 0 Å². The number of ether oxygens (including phenoxy) is 1. The van der Waals surface area contributed by atoms with Gasteiger partial charge in [0, 0.05) is 11.9 Å². The van der Waals surface area contributed by atoms with Crippen molar-refractivity contribution in [3.05, 3.63) is 65.1 Å². The average Bonchev–Trinajstić information content (AvgIpc) is 2.80. The molecule has 1 aliphatic heterocycles. The lowest BCUT2D eigenvalue weighted by Crippen LogP contribution is -2.26. The molecule has 23 heavy (non-hydrogen) atoms. The molecule has 0 saturated carbocycles. The molecule has 0 aliphatic carbocycles. The molecule has 0 fully saturated rings. The number of carbonyl (C=O) groups excluding carboxylic acids is 2. The van der Waals surface area contributed by atoms with E-state index in [2.05, 4.69) is 0 Å². The normalized spacial score (nSPS) is 14.6. The number of hydrogen-bond acceptors (Lipinski definition) is 4. The van der Waals surface area contributed by atoms with Gasteiger partial charge in [-0.1, -0.05) is 42.1 Å². The Kier molecular flexibility index (Phi) is 4.21. The second-order valence-electron chi connectivity index (χ2n) is 5.02. The fraction of sp³-hybridized carbons (Fsp3) is 0.111. The maximum atomic E-state index is 12.5. The summed E-state index contributed by atoms with van der Waals surface area (Å²) in [7, 11) is 3.09. The maximum absolute atomic E-state index is 12.5. The highest BCUT2D eigenvalue weighted by Gasteiger charge is 2.37. The zero-order valence-corrected chi connectivity index (χ0v) is 13.6. The predicted octanol–water partition coefficient (Wildman–Crippen LogP) is 3.20. The lowest BCUT2D eigenvalue weighted by atomic mass is 10.1. The van der Waals surface area contributed by atoms with E-state index < -0.39 is 0 Å². The van der Waals surface area contributed by atoms with Gasteiger partial charge >= 0.3 is 0 Å². The van der Waals surface area contributed by atoms with E-state index in [1.165, 1.54) is 18.8 Å². The number of benzene rings is 2. The Morgan fingerprint density at radius 1 is 0.913 bits per heavy atom. The van der Waals surface area contributed by atoms with E-state index in [-0.39, 0.29) is 11.8 Å². The summed E-state index contributed by atoms with van der Waals surface area (Å²) in [6.07, 6.45) is 0. The highest BCUT2D eigenvalue weighted by molar-refractivity contribution is 8.04. The third-order valence-corrected chi connectivity index (χ3v) is 4.68. The van der Waals surface area contributed by atoms with Crippen molar-refractivity contribution < 1.29 is 14.3 Å². The van der Waals surface area contributed by atoms with Crippen LogP contribution in [0.15, 0.2) is 64.4 Å². The number of methoxy groups -OCH3 is 1. The van der Waals surface area contributed by atoms with Crippen LogP contribution in [-0.4, -0.2) is 30.9 Å². The highest BCUT2D eigenvalue weighted by atomic mass is 32.2. The first-order chi connectivity index (χ1) is 11.1. The van der Waals surface area contributed by atoms with Crippen molar-refractivity contribution in [1.82, 2.24) is 4.90 Å². The molecule has 1 heterocycles. The summed E-state index contributed by atoms with van der Waals surface area (Å²) < 4.78 is 5.14. The van der Waals surface area contributed by atoms with Crippen LogP contribution < -0.4 is 4.74 Å². The van der Waals surface area contributed by atoms with E-state index in [1.54, 1.807) is 31.4 Å². The summed E-state index contributed by atoms with van der Waals surface area (Å²) in [4.78, 5) is 27.4. The Bertz CT molecular complexity index is 782. The smallest absolute Gasteiger partial charge is 0.268 e. The minimum atomic E-state index is -0.279. The topological polar surface area (TPSA) is 46.6 Å². The number of rotatable bonds is 4. The Labute approximate surface area is 138 Å². The van der Waals surface area contributed by atoms with Crippen molar-refractivity contribution >= 4 is 29.1 Å². The van der Waals surface area contributed by atoms with Crippen molar-refractivity contribution in [2.75, 3.05) is 14.2 Å². The van der Waals surface area contributed by atoms with Crippen LogP contribution >= 0.6 is 11.8 Å². The quantitative estimate of drug-likeness (QED) is 0.810. The molecule has 2 aromatic carbocycles. The number of nitrogens with zero attached hydrogens (tertiary/aromatic N) is 1. The Balaban J connectivity index is 2.06. The molecule has 0 bridgehead atoms. The molecule has 3 rings (SSSR count). The predicted molar refractivity (Wildman–Crippen MR) is 90.0 cm³/mol. The minimum absolute atomic E-state index is 0.269. The summed E-state index contributed by atoms with van der Waals surface area (Å²) in [5.41, 5.74) is 1.15. The van der Waals surface area contributed by atoms with Gasteiger partial charge in [-0.25, -0.2) is 0 Å². The van der Waals surface area contributed by atoms with Crippen LogP contribution in [0.2, 0.25) is 0 Å². The van der Waals surface area contributed by atoms with Gasteiger partial charge < -0.3 is 4.74 Å². The number of likely N-dealkylation sites (N-methyl/N-ethyl adjacent to an activating group) is 1. The van der Waals surface area contributed by atoms with Gasteiger partial charge in [-0.2, -0.15) is 0 Å². The largest absolute Gasteiger partial charge is 0.497 e. The molecule has 0 saturated heterocycles.